The first-order valence-corrected chi connectivity index (χ1v) is 6.92. The smallest absolute Gasteiger partial charge is 0.187 e. The van der Waals surface area contributed by atoms with E-state index in [4.69, 9.17) is 0 Å². The minimum absolute atomic E-state index is 0.880. The maximum atomic E-state index is 4.20. The molecule has 0 radical (unpaired) electrons. The first-order valence-electron chi connectivity index (χ1n) is 5.16. The van der Waals surface area contributed by atoms with Crippen LogP contribution >= 0.6 is 22.7 Å². The molecule has 1 N–H and O–H groups in total. The Labute approximate surface area is 107 Å². The first kappa shape index (κ1) is 10.5. The van der Waals surface area contributed by atoms with Gasteiger partial charge in [0.15, 0.2) is 5.13 Å². The Hall–Kier alpha value is -1.65. The zero-order chi connectivity index (χ0) is 11.7. The minimum Gasteiger partial charge on any atom is -0.332 e. The van der Waals surface area contributed by atoms with E-state index in [1.165, 1.54) is 10.1 Å². The predicted molar refractivity (Wildman–Crippen MR) is 76.6 cm³/mol. The second-order valence-corrected chi connectivity index (χ2v) is 5.39. The average Bonchev–Trinajstić information content (AvgIpc) is 2.96. The summed E-state index contributed by atoms with van der Waals surface area (Å²) in [5.74, 6) is 0. The van der Waals surface area contributed by atoms with Gasteiger partial charge in [0.05, 0.1) is 0 Å². The fourth-order valence-electron chi connectivity index (χ4n) is 1.69. The molecule has 0 spiro atoms. The van der Waals surface area contributed by atoms with Crippen LogP contribution in [0.15, 0.2) is 47.8 Å². The molecule has 0 fully saturated rings. The third-order valence-corrected chi connectivity index (χ3v) is 4.15. The largest absolute Gasteiger partial charge is 0.332 e. The quantitative estimate of drug-likeness (QED) is 0.751. The van der Waals surface area contributed by atoms with Crippen molar-refractivity contribution in [2.45, 2.75) is 0 Å². The molecule has 2 nitrogen and oxygen atoms in total. The highest BCUT2D eigenvalue weighted by Gasteiger charge is 2.07. The van der Waals surface area contributed by atoms with Crippen LogP contribution in [0.4, 0.5) is 5.13 Å². The van der Waals surface area contributed by atoms with Crippen LogP contribution in [0.25, 0.3) is 15.8 Å². The highest BCUT2D eigenvalue weighted by atomic mass is 32.1. The summed E-state index contributed by atoms with van der Waals surface area (Å²) in [6.45, 7) is 4.08. The normalized spacial score (nSPS) is 10.6. The molecule has 4 heteroatoms. The van der Waals surface area contributed by atoms with Crippen LogP contribution in [0, 0.1) is 0 Å². The van der Waals surface area contributed by atoms with Crippen molar-refractivity contribution >= 4 is 43.6 Å². The summed E-state index contributed by atoms with van der Waals surface area (Å²) in [7, 11) is 0. The summed E-state index contributed by atoms with van der Waals surface area (Å²) in [6, 6.07) is 8.35. The SMILES string of the molecule is C=C(Nc1nccs1)c1csc2ccccc12. The van der Waals surface area contributed by atoms with Crippen LogP contribution in [-0.4, -0.2) is 4.98 Å². The van der Waals surface area contributed by atoms with Crippen LogP contribution in [0.3, 0.4) is 0 Å². The highest BCUT2D eigenvalue weighted by molar-refractivity contribution is 7.17. The molecule has 1 aromatic carbocycles. The predicted octanol–water partition coefficient (Wildman–Crippen LogP) is 4.44. The van der Waals surface area contributed by atoms with E-state index in [1.807, 2.05) is 5.38 Å². The van der Waals surface area contributed by atoms with Gasteiger partial charge in [0.2, 0.25) is 0 Å². The molecule has 0 unspecified atom stereocenters. The van der Waals surface area contributed by atoms with E-state index >= 15 is 0 Å². The van der Waals surface area contributed by atoms with Gasteiger partial charge in [-0.2, -0.15) is 0 Å². The van der Waals surface area contributed by atoms with E-state index in [0.717, 1.165) is 16.4 Å². The van der Waals surface area contributed by atoms with Gasteiger partial charge in [-0.3, -0.25) is 0 Å². The number of benzene rings is 1. The Morgan fingerprint density at radius 1 is 1.24 bits per heavy atom. The zero-order valence-electron chi connectivity index (χ0n) is 9.01. The summed E-state index contributed by atoms with van der Waals surface area (Å²) >= 11 is 3.31. The van der Waals surface area contributed by atoms with E-state index in [9.17, 15) is 0 Å². The highest BCUT2D eigenvalue weighted by Crippen LogP contribution is 2.30. The van der Waals surface area contributed by atoms with Crippen LogP contribution in [0.1, 0.15) is 5.56 Å². The van der Waals surface area contributed by atoms with Gasteiger partial charge in [0.25, 0.3) is 0 Å². The molecular formula is C13H10N2S2. The number of hydrogen-bond donors (Lipinski definition) is 1. The summed E-state index contributed by atoms with van der Waals surface area (Å²) in [6.07, 6.45) is 1.78. The molecule has 0 atom stereocenters. The number of nitrogens with zero attached hydrogens (tertiary/aromatic N) is 1. The molecule has 17 heavy (non-hydrogen) atoms. The van der Waals surface area contributed by atoms with E-state index in [2.05, 4.69) is 46.5 Å². The lowest BCUT2D eigenvalue weighted by Gasteiger charge is -2.05. The molecule has 0 aliphatic rings. The third-order valence-electron chi connectivity index (χ3n) is 2.50. The summed E-state index contributed by atoms with van der Waals surface area (Å²) < 4.78 is 1.28. The van der Waals surface area contributed by atoms with Crippen molar-refractivity contribution < 1.29 is 0 Å². The molecule has 0 amide bonds. The van der Waals surface area contributed by atoms with Crippen molar-refractivity contribution in [2.24, 2.45) is 0 Å². The van der Waals surface area contributed by atoms with Crippen LogP contribution in [-0.2, 0) is 0 Å². The second kappa shape index (κ2) is 4.31. The topological polar surface area (TPSA) is 24.9 Å². The minimum atomic E-state index is 0.880. The Morgan fingerprint density at radius 2 is 2.12 bits per heavy atom. The van der Waals surface area contributed by atoms with Gasteiger partial charge in [-0.25, -0.2) is 4.98 Å². The first-order chi connectivity index (χ1) is 8.34. The average molecular weight is 258 g/mol. The molecule has 0 aliphatic heterocycles. The summed E-state index contributed by atoms with van der Waals surface area (Å²) in [4.78, 5) is 4.20. The zero-order valence-corrected chi connectivity index (χ0v) is 10.6. The Kier molecular flexibility index (Phi) is 2.66. The number of anilines is 1. The van der Waals surface area contributed by atoms with Crippen molar-refractivity contribution in [1.29, 1.82) is 0 Å². The maximum absolute atomic E-state index is 4.20. The van der Waals surface area contributed by atoms with Gasteiger partial charge in [-0.15, -0.1) is 22.7 Å². The van der Waals surface area contributed by atoms with E-state index in [-0.39, 0.29) is 0 Å². The monoisotopic (exact) mass is 258 g/mol. The van der Waals surface area contributed by atoms with Crippen LogP contribution < -0.4 is 5.32 Å². The molecule has 2 heterocycles. The van der Waals surface area contributed by atoms with Crippen molar-refractivity contribution in [2.75, 3.05) is 5.32 Å². The van der Waals surface area contributed by atoms with Crippen LogP contribution in [0.5, 0.6) is 0 Å². The van der Waals surface area contributed by atoms with Crippen molar-refractivity contribution in [3.8, 4) is 0 Å². The number of hydrogen-bond acceptors (Lipinski definition) is 4. The molecule has 3 rings (SSSR count). The number of aromatic nitrogens is 1. The van der Waals surface area contributed by atoms with Gasteiger partial charge in [-0.1, -0.05) is 24.8 Å². The van der Waals surface area contributed by atoms with E-state index in [1.54, 1.807) is 28.9 Å². The molecule has 0 bridgehead atoms. The number of thiazole rings is 1. The summed E-state index contributed by atoms with van der Waals surface area (Å²) in [5.41, 5.74) is 2.05. The Morgan fingerprint density at radius 3 is 2.94 bits per heavy atom. The molecule has 3 aromatic rings. The van der Waals surface area contributed by atoms with Gasteiger partial charge in [0.1, 0.15) is 0 Å². The Bertz CT molecular complexity index is 653. The maximum Gasteiger partial charge on any atom is 0.187 e. The Balaban J connectivity index is 1.96. The van der Waals surface area contributed by atoms with Gasteiger partial charge < -0.3 is 5.32 Å². The van der Waals surface area contributed by atoms with Crippen LogP contribution in [0.2, 0.25) is 0 Å². The molecule has 2 aromatic heterocycles. The molecular weight excluding hydrogens is 248 g/mol. The molecule has 0 aliphatic carbocycles. The molecule has 0 saturated carbocycles. The number of thiophene rings is 1. The number of fused-ring (bicyclic) bond motifs is 1. The third kappa shape index (κ3) is 1.97. The summed E-state index contributed by atoms with van der Waals surface area (Å²) in [5, 5.41) is 9.44. The van der Waals surface area contributed by atoms with E-state index in [0.29, 0.717) is 0 Å². The van der Waals surface area contributed by atoms with Gasteiger partial charge >= 0.3 is 0 Å². The second-order valence-electron chi connectivity index (χ2n) is 3.59. The fraction of sp³-hybridized carbons (Fsp3) is 0. The lowest BCUT2D eigenvalue weighted by molar-refractivity contribution is 1.40. The van der Waals surface area contributed by atoms with Gasteiger partial charge in [-0.05, 0) is 6.07 Å². The van der Waals surface area contributed by atoms with Gasteiger partial charge in [0, 0.05) is 38.3 Å². The van der Waals surface area contributed by atoms with E-state index < -0.39 is 0 Å². The van der Waals surface area contributed by atoms with Crippen molar-refractivity contribution in [3.05, 3.63) is 53.4 Å². The standard InChI is InChI=1S/C13H10N2S2/c1-9(15-13-14-6-7-16-13)11-8-17-12-5-3-2-4-10(11)12/h2-8H,1H2,(H,14,15). The molecule has 0 saturated heterocycles. The molecule has 84 valence electrons. The lowest BCUT2D eigenvalue weighted by Crippen LogP contribution is -1.95. The number of nitrogens with one attached hydrogen (secondary N) is 1. The van der Waals surface area contributed by atoms with Crippen molar-refractivity contribution in [3.63, 3.8) is 0 Å². The number of rotatable bonds is 3. The van der Waals surface area contributed by atoms with Crippen molar-refractivity contribution in [1.82, 2.24) is 4.98 Å². The lowest BCUT2D eigenvalue weighted by atomic mass is 10.1. The fourth-order valence-corrected chi connectivity index (χ4v) is 3.22.